The van der Waals surface area contributed by atoms with Gasteiger partial charge in [0.15, 0.2) is 0 Å². The van der Waals surface area contributed by atoms with Crippen LogP contribution in [0.5, 0.6) is 0 Å². The summed E-state index contributed by atoms with van der Waals surface area (Å²) in [6.45, 7) is 9.20. The Hall–Kier alpha value is -3.12. The zero-order valence-corrected chi connectivity index (χ0v) is 19.7. The zero-order chi connectivity index (χ0) is 22.7. The highest BCUT2D eigenvalue weighted by Gasteiger charge is 2.16. The lowest BCUT2D eigenvalue weighted by molar-refractivity contribution is 0.0957. The number of thiophene rings is 1. The smallest absolute Gasteiger partial charge is 0.261 e. The molecule has 2 aromatic carbocycles. The number of hydrogen-bond donors (Lipinski definition) is 1. The van der Waals surface area contributed by atoms with Crippen LogP contribution in [0.15, 0.2) is 59.4 Å². The number of aromatic nitrogens is 1. The van der Waals surface area contributed by atoms with Gasteiger partial charge in [0.2, 0.25) is 0 Å². The predicted octanol–water partition coefficient (Wildman–Crippen LogP) is 5.19. The van der Waals surface area contributed by atoms with E-state index in [1.165, 1.54) is 22.6 Å². The van der Waals surface area contributed by atoms with Gasteiger partial charge in [-0.3, -0.25) is 9.59 Å². The molecule has 166 valence electrons. The lowest BCUT2D eigenvalue weighted by Crippen LogP contribution is -2.29. The molecule has 2 heterocycles. The van der Waals surface area contributed by atoms with Crippen LogP contribution >= 0.6 is 11.3 Å². The first-order valence-corrected chi connectivity index (χ1v) is 12.0. The van der Waals surface area contributed by atoms with Crippen LogP contribution in [0.4, 0.5) is 5.69 Å². The summed E-state index contributed by atoms with van der Waals surface area (Å²) in [6, 6.07) is 18.1. The molecule has 0 unspecified atom stereocenters. The minimum atomic E-state index is -0.115. The number of fused-ring (bicyclic) bond motifs is 3. The van der Waals surface area contributed by atoms with Crippen molar-refractivity contribution in [2.45, 2.75) is 33.7 Å². The lowest BCUT2D eigenvalue weighted by Gasteiger charge is -2.23. The number of pyridine rings is 1. The number of nitrogens with one attached hydrogen (secondary N) is 1. The molecule has 6 heteroatoms. The highest BCUT2D eigenvalue weighted by molar-refractivity contribution is 7.21. The second kappa shape index (κ2) is 9.57. The zero-order valence-electron chi connectivity index (χ0n) is 18.9. The molecule has 0 aliphatic heterocycles. The van der Waals surface area contributed by atoms with E-state index in [2.05, 4.69) is 48.3 Å². The van der Waals surface area contributed by atoms with Crippen molar-refractivity contribution in [3.63, 3.8) is 0 Å². The van der Waals surface area contributed by atoms with Gasteiger partial charge in [0.1, 0.15) is 0 Å². The third-order valence-electron chi connectivity index (χ3n) is 5.83. The number of hydrogen-bond acceptors (Lipinski definition) is 4. The monoisotopic (exact) mass is 447 g/mol. The third kappa shape index (κ3) is 4.28. The fraction of sp³-hybridized carbons (Fsp3) is 0.308. The summed E-state index contributed by atoms with van der Waals surface area (Å²) in [6.07, 6.45) is 0.851. The fourth-order valence-corrected chi connectivity index (χ4v) is 5.29. The molecule has 1 amide bonds. The highest BCUT2D eigenvalue weighted by Crippen LogP contribution is 2.30. The molecule has 0 aliphatic carbocycles. The van der Waals surface area contributed by atoms with Crippen molar-refractivity contribution in [1.29, 1.82) is 0 Å². The predicted molar refractivity (Wildman–Crippen MR) is 135 cm³/mol. The Morgan fingerprint density at radius 3 is 2.62 bits per heavy atom. The van der Waals surface area contributed by atoms with Gasteiger partial charge < -0.3 is 14.8 Å². The van der Waals surface area contributed by atoms with E-state index in [1.807, 2.05) is 31.2 Å². The van der Waals surface area contributed by atoms with Gasteiger partial charge in [0.05, 0.1) is 15.8 Å². The molecule has 4 aromatic rings. The molecule has 4 rings (SSSR count). The van der Waals surface area contributed by atoms with E-state index in [1.54, 1.807) is 10.6 Å². The molecule has 0 aliphatic rings. The van der Waals surface area contributed by atoms with Crippen molar-refractivity contribution in [2.24, 2.45) is 0 Å². The lowest BCUT2D eigenvalue weighted by atomic mass is 10.1. The number of para-hydroxylation sites is 1. The van der Waals surface area contributed by atoms with E-state index in [4.69, 9.17) is 0 Å². The standard InChI is InChI=1S/C26H29N3O2S/c1-4-28(19-11-8-10-18(3)16-19)15-9-14-27-25(30)23-17-21-24(32-23)20-12-6-7-13-22(20)29(5-2)26(21)31/h6-8,10-13,16-17H,4-5,9,14-15H2,1-3H3,(H,27,30). The summed E-state index contributed by atoms with van der Waals surface area (Å²) in [5.74, 6) is -0.115. The first-order valence-electron chi connectivity index (χ1n) is 11.2. The number of nitrogens with zero attached hydrogens (tertiary/aromatic N) is 2. The van der Waals surface area contributed by atoms with Crippen molar-refractivity contribution in [3.05, 3.63) is 75.4 Å². The second-order valence-corrected chi connectivity index (χ2v) is 9.00. The van der Waals surface area contributed by atoms with Crippen molar-refractivity contribution in [1.82, 2.24) is 9.88 Å². The molecule has 0 fully saturated rings. The molecule has 0 saturated heterocycles. The Bertz CT molecular complexity index is 1320. The third-order valence-corrected chi connectivity index (χ3v) is 6.99. The Labute approximate surface area is 192 Å². The largest absolute Gasteiger partial charge is 0.372 e. The van der Waals surface area contributed by atoms with E-state index < -0.39 is 0 Å². The Morgan fingerprint density at radius 1 is 1.06 bits per heavy atom. The molecular weight excluding hydrogens is 418 g/mol. The number of benzene rings is 2. The van der Waals surface area contributed by atoms with Crippen molar-refractivity contribution in [3.8, 4) is 0 Å². The minimum absolute atomic E-state index is 0.0340. The number of aryl methyl sites for hydroxylation is 2. The summed E-state index contributed by atoms with van der Waals surface area (Å²) in [5.41, 5.74) is 3.33. The normalized spacial score (nSPS) is 11.2. The van der Waals surface area contributed by atoms with E-state index >= 15 is 0 Å². The Balaban J connectivity index is 1.47. The van der Waals surface area contributed by atoms with Gasteiger partial charge in [0.25, 0.3) is 11.5 Å². The van der Waals surface area contributed by atoms with Crippen LogP contribution in [-0.2, 0) is 6.54 Å². The summed E-state index contributed by atoms with van der Waals surface area (Å²) >= 11 is 1.40. The Morgan fingerprint density at radius 2 is 1.88 bits per heavy atom. The summed E-state index contributed by atoms with van der Waals surface area (Å²) in [4.78, 5) is 28.7. The minimum Gasteiger partial charge on any atom is -0.372 e. The van der Waals surface area contributed by atoms with Crippen LogP contribution in [0, 0.1) is 6.92 Å². The number of rotatable bonds is 8. The topological polar surface area (TPSA) is 54.3 Å². The van der Waals surface area contributed by atoms with Gasteiger partial charge in [-0.15, -0.1) is 11.3 Å². The van der Waals surface area contributed by atoms with Crippen LogP contribution in [0.3, 0.4) is 0 Å². The molecule has 0 radical (unpaired) electrons. The van der Waals surface area contributed by atoms with E-state index in [9.17, 15) is 9.59 Å². The van der Waals surface area contributed by atoms with Crippen molar-refractivity contribution in [2.75, 3.05) is 24.5 Å². The van der Waals surface area contributed by atoms with E-state index in [0.29, 0.717) is 23.4 Å². The van der Waals surface area contributed by atoms with Gasteiger partial charge in [-0.1, -0.05) is 30.3 Å². The fourth-order valence-electron chi connectivity index (χ4n) is 4.19. The van der Waals surface area contributed by atoms with Gasteiger partial charge in [-0.25, -0.2) is 0 Å². The van der Waals surface area contributed by atoms with Gasteiger partial charge in [0, 0.05) is 42.0 Å². The maximum absolute atomic E-state index is 13.0. The number of amides is 1. The summed E-state index contributed by atoms with van der Waals surface area (Å²) < 4.78 is 2.66. The average Bonchev–Trinajstić information content (AvgIpc) is 3.26. The maximum atomic E-state index is 13.0. The average molecular weight is 448 g/mol. The van der Waals surface area contributed by atoms with Crippen LogP contribution in [0.2, 0.25) is 0 Å². The first kappa shape index (κ1) is 22.1. The van der Waals surface area contributed by atoms with Crippen LogP contribution in [0.25, 0.3) is 21.0 Å². The molecule has 32 heavy (non-hydrogen) atoms. The molecule has 0 atom stereocenters. The first-order chi connectivity index (χ1) is 15.5. The van der Waals surface area contributed by atoms with E-state index in [-0.39, 0.29) is 11.5 Å². The van der Waals surface area contributed by atoms with Crippen LogP contribution in [0.1, 0.15) is 35.5 Å². The molecule has 0 saturated carbocycles. The van der Waals surface area contributed by atoms with E-state index in [0.717, 1.165) is 35.1 Å². The maximum Gasteiger partial charge on any atom is 0.261 e. The molecule has 0 bridgehead atoms. The highest BCUT2D eigenvalue weighted by atomic mass is 32.1. The SMILES string of the molecule is CCN(CCCNC(=O)c1cc2c(=O)n(CC)c3ccccc3c2s1)c1cccc(C)c1. The molecule has 0 spiro atoms. The number of carbonyl (C=O) groups excluding carboxylic acids is 1. The second-order valence-electron chi connectivity index (χ2n) is 7.95. The van der Waals surface area contributed by atoms with Gasteiger partial charge >= 0.3 is 0 Å². The Kier molecular flexibility index (Phi) is 6.61. The number of carbonyl (C=O) groups is 1. The van der Waals surface area contributed by atoms with Crippen molar-refractivity contribution >= 4 is 43.9 Å². The van der Waals surface area contributed by atoms with Gasteiger partial charge in [-0.2, -0.15) is 0 Å². The molecule has 2 aromatic heterocycles. The van der Waals surface area contributed by atoms with Crippen molar-refractivity contribution < 1.29 is 4.79 Å². The van der Waals surface area contributed by atoms with Crippen LogP contribution in [-0.4, -0.2) is 30.1 Å². The quantitative estimate of drug-likeness (QED) is 0.378. The van der Waals surface area contributed by atoms with Gasteiger partial charge in [-0.05, 0) is 57.0 Å². The summed E-state index contributed by atoms with van der Waals surface area (Å²) in [7, 11) is 0. The number of anilines is 1. The summed E-state index contributed by atoms with van der Waals surface area (Å²) in [5, 5.41) is 4.68. The molecule has 1 N–H and O–H groups in total. The molecule has 5 nitrogen and oxygen atoms in total. The van der Waals surface area contributed by atoms with Crippen LogP contribution < -0.4 is 15.8 Å². The molecular formula is C26H29N3O2S.